The number of benzene rings is 1. The Bertz CT molecular complexity index is 1090. The summed E-state index contributed by atoms with van der Waals surface area (Å²) in [4.78, 5) is 23.0. The second kappa shape index (κ2) is 8.12. The normalized spacial score (nSPS) is 23.8. The van der Waals surface area contributed by atoms with E-state index in [2.05, 4.69) is 15.0 Å². The number of rotatable bonds is 6. The van der Waals surface area contributed by atoms with E-state index in [1.54, 1.807) is 0 Å². The van der Waals surface area contributed by atoms with Gasteiger partial charge in [-0.2, -0.15) is 0 Å². The molecule has 12 nitrogen and oxygen atoms in total. The van der Waals surface area contributed by atoms with E-state index in [9.17, 15) is 30.5 Å². The molecule has 3 aromatic rings. The van der Waals surface area contributed by atoms with Crippen molar-refractivity contribution in [1.82, 2.24) is 19.5 Å². The number of nitro benzene ring substituents is 1. The van der Waals surface area contributed by atoms with Gasteiger partial charge in [-0.3, -0.25) is 14.7 Å². The van der Waals surface area contributed by atoms with Gasteiger partial charge in [0.2, 0.25) is 0 Å². The van der Waals surface area contributed by atoms with Gasteiger partial charge in [0.25, 0.3) is 5.69 Å². The third-order valence-electron chi connectivity index (χ3n) is 4.75. The van der Waals surface area contributed by atoms with Crippen LogP contribution >= 0.6 is 11.8 Å². The number of thioether (sulfide) groups is 1. The molecule has 1 fully saturated rings. The molecule has 2 aromatic heterocycles. The maximum atomic E-state index is 11.0. The second-order valence-electron chi connectivity index (χ2n) is 6.59. The molecule has 13 heteroatoms. The fourth-order valence-corrected chi connectivity index (χ4v) is 4.11. The largest absolute Gasteiger partial charge is 0.508 e. The van der Waals surface area contributed by atoms with Crippen molar-refractivity contribution in [3.05, 3.63) is 46.5 Å². The van der Waals surface area contributed by atoms with Crippen LogP contribution < -0.4 is 0 Å². The van der Waals surface area contributed by atoms with Crippen LogP contribution in [-0.4, -0.2) is 69.8 Å². The molecule has 1 saturated heterocycles. The van der Waals surface area contributed by atoms with Gasteiger partial charge < -0.3 is 25.2 Å². The summed E-state index contributed by atoms with van der Waals surface area (Å²) in [6, 6.07) is 3.77. The fraction of sp³-hybridized carbons (Fsp3) is 0.353. The average molecular weight is 435 g/mol. The summed E-state index contributed by atoms with van der Waals surface area (Å²) in [5, 5.41) is 50.9. The van der Waals surface area contributed by atoms with E-state index in [1.807, 2.05) is 0 Å². The molecular formula is C17H17N5O7S. The summed E-state index contributed by atoms with van der Waals surface area (Å²) in [7, 11) is 0. The number of aliphatic hydroxyl groups excluding tert-OH is 3. The Morgan fingerprint density at radius 3 is 2.73 bits per heavy atom. The monoisotopic (exact) mass is 435 g/mol. The van der Waals surface area contributed by atoms with E-state index in [-0.39, 0.29) is 17.2 Å². The third kappa shape index (κ3) is 3.57. The minimum absolute atomic E-state index is 0.0737. The smallest absolute Gasteiger partial charge is 0.270 e. The van der Waals surface area contributed by atoms with Crippen LogP contribution in [0.4, 0.5) is 5.69 Å². The molecule has 3 heterocycles. The van der Waals surface area contributed by atoms with Crippen LogP contribution in [0.2, 0.25) is 0 Å². The molecular weight excluding hydrogens is 418 g/mol. The predicted molar refractivity (Wildman–Crippen MR) is 103 cm³/mol. The number of phenols is 1. The number of aliphatic hydroxyl groups is 3. The zero-order chi connectivity index (χ0) is 21.4. The maximum absolute atomic E-state index is 11.0. The van der Waals surface area contributed by atoms with Gasteiger partial charge in [-0.1, -0.05) is 11.8 Å². The van der Waals surface area contributed by atoms with Crippen LogP contribution in [0.25, 0.3) is 11.2 Å². The summed E-state index contributed by atoms with van der Waals surface area (Å²) in [5.41, 5.74) is 0.962. The highest BCUT2D eigenvalue weighted by molar-refractivity contribution is 7.98. The van der Waals surface area contributed by atoms with E-state index in [1.165, 1.54) is 47.2 Å². The van der Waals surface area contributed by atoms with Crippen molar-refractivity contribution in [1.29, 1.82) is 0 Å². The van der Waals surface area contributed by atoms with Crippen LogP contribution in [0.15, 0.2) is 35.9 Å². The van der Waals surface area contributed by atoms with E-state index in [0.717, 1.165) is 0 Å². The average Bonchev–Trinajstić information content (AvgIpc) is 3.28. The molecule has 1 aliphatic rings. The molecule has 30 heavy (non-hydrogen) atoms. The Labute approximate surface area is 172 Å². The molecule has 158 valence electrons. The minimum atomic E-state index is -1.28. The Hall–Kier alpha value is -2.84. The SMILES string of the molecule is O=[N+]([O-])c1ccc(O)c(CSc2ncnc3c2ncn3[C@H]2O[C@@H](CO)[C@H](O)[C@@H]2O)c1. The molecule has 0 saturated carbocycles. The van der Waals surface area contributed by atoms with Crippen molar-refractivity contribution in [3.8, 4) is 5.75 Å². The fourth-order valence-electron chi connectivity index (χ4n) is 3.18. The molecule has 0 radical (unpaired) electrons. The highest BCUT2D eigenvalue weighted by atomic mass is 32.2. The lowest BCUT2D eigenvalue weighted by atomic mass is 10.1. The molecule has 0 bridgehead atoms. The van der Waals surface area contributed by atoms with Crippen LogP contribution in [0.1, 0.15) is 11.8 Å². The quantitative estimate of drug-likeness (QED) is 0.182. The Morgan fingerprint density at radius 1 is 1.23 bits per heavy atom. The molecule has 1 aliphatic heterocycles. The van der Waals surface area contributed by atoms with E-state index < -0.39 is 36.1 Å². The standard InChI is InChI=1S/C17H17N5O7S/c23-4-11-13(25)14(26)17(29-11)21-7-20-12-15(21)18-6-19-16(12)30-5-8-3-9(22(27)28)1-2-10(8)24/h1-3,6-7,11,13-14,17,23-26H,4-5H2/t11-,13-,14-,17-/m0/s1. The summed E-state index contributed by atoms with van der Waals surface area (Å²) >= 11 is 1.20. The van der Waals surface area contributed by atoms with Gasteiger partial charge in [-0.25, -0.2) is 15.0 Å². The van der Waals surface area contributed by atoms with Gasteiger partial charge in [-0.15, -0.1) is 0 Å². The Kier molecular flexibility index (Phi) is 5.53. The first kappa shape index (κ1) is 20.4. The number of hydrogen-bond donors (Lipinski definition) is 4. The summed E-state index contributed by atoms with van der Waals surface area (Å²) in [6.07, 6.45) is -1.80. The van der Waals surface area contributed by atoms with Crippen molar-refractivity contribution in [2.24, 2.45) is 0 Å². The van der Waals surface area contributed by atoms with Crippen LogP contribution in [-0.2, 0) is 10.5 Å². The number of non-ortho nitro benzene ring substituents is 1. The highest BCUT2D eigenvalue weighted by Crippen LogP contribution is 2.34. The number of nitrogens with zero attached hydrogens (tertiary/aromatic N) is 5. The van der Waals surface area contributed by atoms with Crippen molar-refractivity contribution in [2.45, 2.75) is 35.3 Å². The highest BCUT2D eigenvalue weighted by Gasteiger charge is 2.44. The number of fused-ring (bicyclic) bond motifs is 1. The number of phenolic OH excluding ortho intramolecular Hbond substituents is 1. The molecule has 0 aliphatic carbocycles. The molecule has 0 amide bonds. The first-order chi connectivity index (χ1) is 14.4. The van der Waals surface area contributed by atoms with Crippen LogP contribution in [0, 0.1) is 10.1 Å². The zero-order valence-electron chi connectivity index (χ0n) is 15.3. The predicted octanol–water partition coefficient (Wildman–Crippen LogP) is 0.344. The van der Waals surface area contributed by atoms with Crippen LogP contribution in [0.5, 0.6) is 5.75 Å². The first-order valence-electron chi connectivity index (χ1n) is 8.79. The maximum Gasteiger partial charge on any atom is 0.270 e. The molecule has 4 rings (SSSR count). The van der Waals surface area contributed by atoms with Crippen molar-refractivity contribution >= 4 is 28.6 Å². The Morgan fingerprint density at radius 2 is 2.03 bits per heavy atom. The number of ether oxygens (including phenoxy) is 1. The number of aromatic nitrogens is 4. The van der Waals surface area contributed by atoms with Gasteiger partial charge in [0.15, 0.2) is 11.9 Å². The first-order valence-corrected chi connectivity index (χ1v) is 9.78. The van der Waals surface area contributed by atoms with Gasteiger partial charge in [0.05, 0.1) is 17.9 Å². The van der Waals surface area contributed by atoms with Crippen LogP contribution in [0.3, 0.4) is 0 Å². The summed E-state index contributed by atoms with van der Waals surface area (Å²) < 4.78 is 6.96. The lowest BCUT2D eigenvalue weighted by molar-refractivity contribution is -0.384. The van der Waals surface area contributed by atoms with Crippen molar-refractivity contribution in [3.63, 3.8) is 0 Å². The molecule has 4 atom stereocenters. The van der Waals surface area contributed by atoms with Gasteiger partial charge in [0, 0.05) is 23.4 Å². The molecule has 0 unspecified atom stereocenters. The van der Waals surface area contributed by atoms with Gasteiger partial charge in [-0.05, 0) is 6.07 Å². The van der Waals surface area contributed by atoms with Crippen molar-refractivity contribution < 1.29 is 30.1 Å². The van der Waals surface area contributed by atoms with Crippen molar-refractivity contribution in [2.75, 3.05) is 6.61 Å². The molecule has 0 spiro atoms. The number of nitro groups is 1. The minimum Gasteiger partial charge on any atom is -0.508 e. The van der Waals surface area contributed by atoms with E-state index in [0.29, 0.717) is 21.8 Å². The number of imidazole rings is 1. The Balaban J connectivity index is 1.60. The second-order valence-corrected chi connectivity index (χ2v) is 7.55. The molecule has 4 N–H and O–H groups in total. The topological polar surface area (TPSA) is 177 Å². The van der Waals surface area contributed by atoms with Gasteiger partial charge >= 0.3 is 0 Å². The lowest BCUT2D eigenvalue weighted by Gasteiger charge is -2.16. The van der Waals surface area contributed by atoms with E-state index in [4.69, 9.17) is 4.74 Å². The summed E-state index contributed by atoms with van der Waals surface area (Å²) in [6.45, 7) is -0.454. The number of hydrogen-bond acceptors (Lipinski definition) is 11. The molecule has 1 aromatic carbocycles. The summed E-state index contributed by atoms with van der Waals surface area (Å²) in [5.74, 6) is 0.121. The zero-order valence-corrected chi connectivity index (χ0v) is 16.1. The van der Waals surface area contributed by atoms with E-state index >= 15 is 0 Å². The van der Waals surface area contributed by atoms with Gasteiger partial charge in [0.1, 0.15) is 40.9 Å². The third-order valence-corrected chi connectivity index (χ3v) is 5.78. The number of aromatic hydroxyl groups is 1. The lowest BCUT2D eigenvalue weighted by Crippen LogP contribution is -2.33.